The summed E-state index contributed by atoms with van der Waals surface area (Å²) < 4.78 is 0. The van der Waals surface area contributed by atoms with Gasteiger partial charge in [-0.05, 0) is 30.3 Å². The highest BCUT2D eigenvalue weighted by molar-refractivity contribution is 5.96. The number of carbonyl (C=O) groups is 1. The fourth-order valence-corrected chi connectivity index (χ4v) is 5.11. The average Bonchev–Trinajstić information content (AvgIpc) is 2.36. The van der Waals surface area contributed by atoms with Crippen molar-refractivity contribution in [3.63, 3.8) is 0 Å². The van der Waals surface area contributed by atoms with Crippen molar-refractivity contribution in [1.82, 2.24) is 0 Å². The Morgan fingerprint density at radius 3 is 2.16 bits per heavy atom. The molecule has 0 unspecified atom stereocenters. The third-order valence-corrected chi connectivity index (χ3v) is 6.13. The Morgan fingerprint density at radius 1 is 1.05 bits per heavy atom. The zero-order valence-electron chi connectivity index (χ0n) is 11.8. The third kappa shape index (κ3) is 1.23. The molecule has 0 aromatic rings. The minimum atomic E-state index is -1.20. The van der Waals surface area contributed by atoms with Crippen LogP contribution in [0.2, 0.25) is 0 Å². The first-order valence-electron chi connectivity index (χ1n) is 6.91. The topological polar surface area (TPSA) is 77.8 Å². The molecule has 7 atom stereocenters. The highest BCUT2D eigenvalue weighted by Crippen LogP contribution is 2.71. The first-order valence-corrected chi connectivity index (χ1v) is 6.91. The molecule has 0 aromatic carbocycles. The smallest absolute Gasteiger partial charge is 0.159 e. The van der Waals surface area contributed by atoms with Gasteiger partial charge in [0.25, 0.3) is 0 Å². The zero-order valence-corrected chi connectivity index (χ0v) is 11.8. The van der Waals surface area contributed by atoms with E-state index in [1.54, 1.807) is 6.08 Å². The van der Waals surface area contributed by atoms with Crippen LogP contribution in [-0.4, -0.2) is 39.4 Å². The lowest BCUT2D eigenvalue weighted by Crippen LogP contribution is -2.67. The van der Waals surface area contributed by atoms with Gasteiger partial charge >= 0.3 is 0 Å². The molecule has 106 valence electrons. The lowest BCUT2D eigenvalue weighted by atomic mass is 9.37. The number of ketones is 1. The first-order chi connectivity index (χ1) is 8.65. The van der Waals surface area contributed by atoms with E-state index >= 15 is 0 Å². The van der Waals surface area contributed by atoms with Crippen molar-refractivity contribution in [3.05, 3.63) is 11.6 Å². The molecular weight excluding hydrogens is 244 g/mol. The van der Waals surface area contributed by atoms with Gasteiger partial charge in [-0.3, -0.25) is 4.79 Å². The van der Waals surface area contributed by atoms with E-state index in [1.165, 1.54) is 0 Å². The van der Waals surface area contributed by atoms with E-state index in [9.17, 15) is 20.1 Å². The maximum Gasteiger partial charge on any atom is 0.159 e. The molecule has 4 bridgehead atoms. The number of allylic oxidation sites excluding steroid dienone is 2. The van der Waals surface area contributed by atoms with Gasteiger partial charge in [-0.25, -0.2) is 0 Å². The Hall–Kier alpha value is -0.710. The molecule has 4 aliphatic carbocycles. The van der Waals surface area contributed by atoms with Gasteiger partial charge in [0.1, 0.15) is 6.10 Å². The molecule has 4 nitrogen and oxygen atoms in total. The number of aliphatic hydroxyl groups excluding tert-OH is 3. The molecular formula is C15H22O4. The minimum absolute atomic E-state index is 0.00296. The number of carbonyl (C=O) groups excluding carboxylic acids is 1. The molecule has 19 heavy (non-hydrogen) atoms. The SMILES string of the molecule is CC1=CC(=O)[C@@H]2[C@@H]3[C@H]1[C@@]2(C)[C@H](O)[C@H](O)[C@@H](O)C3(C)C. The maximum absolute atomic E-state index is 12.3. The van der Waals surface area contributed by atoms with Crippen LogP contribution in [-0.2, 0) is 4.79 Å². The van der Waals surface area contributed by atoms with Crippen molar-refractivity contribution in [1.29, 1.82) is 0 Å². The van der Waals surface area contributed by atoms with E-state index in [0.717, 1.165) is 5.57 Å². The summed E-state index contributed by atoms with van der Waals surface area (Å²) in [5.74, 6) is -0.206. The fraction of sp³-hybridized carbons (Fsp3) is 0.800. The molecule has 4 aliphatic rings. The van der Waals surface area contributed by atoms with Crippen molar-refractivity contribution >= 4 is 5.78 Å². The van der Waals surface area contributed by atoms with Crippen LogP contribution in [0.4, 0.5) is 0 Å². The second kappa shape index (κ2) is 3.48. The fourth-order valence-electron chi connectivity index (χ4n) is 5.11. The molecule has 0 heterocycles. The predicted octanol–water partition coefficient (Wildman–Crippen LogP) is 0.506. The van der Waals surface area contributed by atoms with Crippen LogP contribution in [0, 0.1) is 28.6 Å². The van der Waals surface area contributed by atoms with Crippen LogP contribution in [0.25, 0.3) is 0 Å². The Kier molecular flexibility index (Phi) is 2.44. The van der Waals surface area contributed by atoms with Gasteiger partial charge < -0.3 is 15.3 Å². The molecule has 0 amide bonds. The Morgan fingerprint density at radius 2 is 1.63 bits per heavy atom. The molecule has 3 N–H and O–H groups in total. The summed E-state index contributed by atoms with van der Waals surface area (Å²) in [5.41, 5.74) is -0.264. The lowest BCUT2D eigenvalue weighted by Gasteiger charge is -2.65. The Balaban J connectivity index is 2.21. The van der Waals surface area contributed by atoms with Crippen molar-refractivity contribution < 1.29 is 20.1 Å². The second-order valence-corrected chi connectivity index (χ2v) is 7.34. The highest BCUT2D eigenvalue weighted by atomic mass is 16.4. The largest absolute Gasteiger partial charge is 0.390 e. The first kappa shape index (κ1) is 13.3. The number of aliphatic hydroxyl groups is 3. The molecule has 0 radical (unpaired) electrons. The quantitative estimate of drug-likeness (QED) is 0.597. The van der Waals surface area contributed by atoms with Gasteiger partial charge in [-0.15, -0.1) is 0 Å². The van der Waals surface area contributed by atoms with Crippen LogP contribution in [0.1, 0.15) is 27.7 Å². The maximum atomic E-state index is 12.3. The van der Waals surface area contributed by atoms with E-state index in [-0.39, 0.29) is 23.5 Å². The molecule has 0 aliphatic heterocycles. The summed E-state index contributed by atoms with van der Waals surface area (Å²) in [6, 6.07) is 0. The zero-order chi connectivity index (χ0) is 14.3. The molecule has 0 spiro atoms. The van der Waals surface area contributed by atoms with Crippen molar-refractivity contribution in [3.8, 4) is 0 Å². The minimum Gasteiger partial charge on any atom is -0.390 e. The summed E-state index contributed by atoms with van der Waals surface area (Å²) >= 11 is 0. The molecule has 4 heteroatoms. The van der Waals surface area contributed by atoms with E-state index < -0.39 is 29.1 Å². The van der Waals surface area contributed by atoms with E-state index in [0.29, 0.717) is 0 Å². The molecule has 0 aromatic heterocycles. The van der Waals surface area contributed by atoms with Crippen LogP contribution >= 0.6 is 0 Å². The van der Waals surface area contributed by atoms with Gasteiger partial charge in [-0.1, -0.05) is 26.3 Å². The van der Waals surface area contributed by atoms with Crippen LogP contribution < -0.4 is 0 Å². The summed E-state index contributed by atoms with van der Waals surface area (Å²) in [7, 11) is 0. The average molecular weight is 266 g/mol. The van der Waals surface area contributed by atoms with Crippen molar-refractivity contribution in [2.24, 2.45) is 28.6 Å². The van der Waals surface area contributed by atoms with Crippen LogP contribution in [0.15, 0.2) is 11.6 Å². The Labute approximate surface area is 113 Å². The van der Waals surface area contributed by atoms with Gasteiger partial charge in [-0.2, -0.15) is 0 Å². The van der Waals surface area contributed by atoms with Gasteiger partial charge in [0.2, 0.25) is 0 Å². The summed E-state index contributed by atoms with van der Waals surface area (Å²) in [6.07, 6.45) is -1.61. The summed E-state index contributed by atoms with van der Waals surface area (Å²) in [4.78, 5) is 12.3. The number of fused-ring (bicyclic) bond motifs is 1. The summed E-state index contributed by atoms with van der Waals surface area (Å²) in [5, 5.41) is 31.1. The van der Waals surface area contributed by atoms with Crippen molar-refractivity contribution in [2.75, 3.05) is 0 Å². The highest BCUT2D eigenvalue weighted by Gasteiger charge is 2.74. The predicted molar refractivity (Wildman–Crippen MR) is 69.1 cm³/mol. The van der Waals surface area contributed by atoms with Gasteiger partial charge in [0.15, 0.2) is 5.78 Å². The van der Waals surface area contributed by atoms with E-state index in [4.69, 9.17) is 0 Å². The lowest BCUT2D eigenvalue weighted by molar-refractivity contribution is -0.195. The van der Waals surface area contributed by atoms with E-state index in [1.807, 2.05) is 27.7 Å². The van der Waals surface area contributed by atoms with Crippen LogP contribution in [0.3, 0.4) is 0 Å². The molecule has 0 saturated heterocycles. The van der Waals surface area contributed by atoms with Crippen molar-refractivity contribution in [2.45, 2.75) is 46.0 Å². The number of hydrogen-bond donors (Lipinski definition) is 3. The monoisotopic (exact) mass is 266 g/mol. The van der Waals surface area contributed by atoms with E-state index in [2.05, 4.69) is 0 Å². The molecule has 4 rings (SSSR count). The molecule has 2 fully saturated rings. The summed E-state index contributed by atoms with van der Waals surface area (Å²) in [6.45, 7) is 7.55. The normalized spacial score (nSPS) is 55.1. The third-order valence-electron chi connectivity index (χ3n) is 6.13. The standard InChI is InChI=1S/C15H22O4/c1-6-5-7(16)9-10-8(6)15(9,4)13(19)11(17)12(18)14(10,2)3/h5,8-13,17-19H,1-4H3/t8-,9+,10-,11+,12+,13+,15+/m0/s1. The molecule has 2 saturated carbocycles. The van der Waals surface area contributed by atoms with Crippen LogP contribution in [0.5, 0.6) is 0 Å². The number of hydrogen-bond acceptors (Lipinski definition) is 4. The van der Waals surface area contributed by atoms with Gasteiger partial charge in [0, 0.05) is 11.3 Å². The Bertz CT molecular complexity index is 481. The second-order valence-electron chi connectivity index (χ2n) is 7.34. The number of rotatable bonds is 0. The van der Waals surface area contributed by atoms with Gasteiger partial charge in [0.05, 0.1) is 12.2 Å².